The van der Waals surface area contributed by atoms with Crippen molar-refractivity contribution in [1.82, 2.24) is 5.32 Å². The molecule has 1 rings (SSSR count). The highest BCUT2D eigenvalue weighted by atomic mass is 35.5. The highest BCUT2D eigenvalue weighted by Crippen LogP contribution is 2.12. The third-order valence-electron chi connectivity index (χ3n) is 2.06. The number of halogens is 1. The topological polar surface area (TPSA) is 64.3 Å². The van der Waals surface area contributed by atoms with Crippen molar-refractivity contribution in [3.05, 3.63) is 29.8 Å². The molecule has 0 bridgehead atoms. The van der Waals surface area contributed by atoms with Gasteiger partial charge in [0.15, 0.2) is 0 Å². The fourth-order valence-corrected chi connectivity index (χ4v) is 1.13. The van der Waals surface area contributed by atoms with Crippen LogP contribution in [0, 0.1) is 0 Å². The lowest BCUT2D eigenvalue weighted by Crippen LogP contribution is -2.37. The summed E-state index contributed by atoms with van der Waals surface area (Å²) in [5, 5.41) is 2.78. The van der Waals surface area contributed by atoms with Crippen LogP contribution in [-0.4, -0.2) is 25.6 Å². The fourth-order valence-electron chi connectivity index (χ4n) is 1.13. The van der Waals surface area contributed by atoms with E-state index >= 15 is 0 Å². The minimum Gasteiger partial charge on any atom is -0.497 e. The summed E-state index contributed by atoms with van der Waals surface area (Å²) < 4.78 is 5.03. The van der Waals surface area contributed by atoms with Crippen LogP contribution in [0.2, 0.25) is 0 Å². The van der Waals surface area contributed by atoms with Gasteiger partial charge in [0.2, 0.25) is 0 Å². The van der Waals surface area contributed by atoms with Crippen LogP contribution in [0.15, 0.2) is 24.3 Å². The van der Waals surface area contributed by atoms with E-state index in [0.717, 1.165) is 0 Å². The van der Waals surface area contributed by atoms with Gasteiger partial charge in [-0.2, -0.15) is 0 Å². The first-order chi connectivity index (χ1) is 7.17. The number of hydrogen-bond acceptors (Lipinski definition) is 3. The van der Waals surface area contributed by atoms with Gasteiger partial charge >= 0.3 is 0 Å². The molecule has 0 aliphatic rings. The first-order valence-electron chi connectivity index (χ1n) is 4.82. The molecule has 4 nitrogen and oxygen atoms in total. The van der Waals surface area contributed by atoms with Gasteiger partial charge in [0.25, 0.3) is 5.91 Å². The van der Waals surface area contributed by atoms with Crippen LogP contribution in [0.4, 0.5) is 0 Å². The molecule has 5 heteroatoms. The average molecular weight is 245 g/mol. The largest absolute Gasteiger partial charge is 0.497 e. The second-order valence-corrected chi connectivity index (χ2v) is 3.34. The monoisotopic (exact) mass is 244 g/mol. The lowest BCUT2D eigenvalue weighted by molar-refractivity contribution is 0.0941. The van der Waals surface area contributed by atoms with Gasteiger partial charge in [0, 0.05) is 18.2 Å². The van der Waals surface area contributed by atoms with Crippen molar-refractivity contribution in [2.45, 2.75) is 13.0 Å². The maximum absolute atomic E-state index is 11.7. The van der Waals surface area contributed by atoms with Crippen LogP contribution in [0.5, 0.6) is 5.75 Å². The Balaban J connectivity index is 0.00000225. The van der Waals surface area contributed by atoms with E-state index in [4.69, 9.17) is 10.5 Å². The number of nitrogens with one attached hydrogen (secondary N) is 1. The Hall–Kier alpha value is -1.26. The van der Waals surface area contributed by atoms with E-state index in [0.29, 0.717) is 17.9 Å². The van der Waals surface area contributed by atoms with Crippen LogP contribution >= 0.6 is 12.4 Å². The normalized spacial score (nSPS) is 11.2. The first kappa shape index (κ1) is 14.7. The molecular formula is C11H17ClN2O2. The molecule has 0 aromatic heterocycles. The van der Waals surface area contributed by atoms with Crippen molar-refractivity contribution in [3.8, 4) is 5.75 Å². The molecule has 16 heavy (non-hydrogen) atoms. The van der Waals surface area contributed by atoms with E-state index in [9.17, 15) is 4.79 Å². The number of nitrogens with two attached hydrogens (primary N) is 1. The molecule has 1 aromatic carbocycles. The van der Waals surface area contributed by atoms with Crippen molar-refractivity contribution in [2.75, 3.05) is 13.7 Å². The van der Waals surface area contributed by atoms with Crippen LogP contribution in [-0.2, 0) is 0 Å². The smallest absolute Gasteiger partial charge is 0.251 e. The lowest BCUT2D eigenvalue weighted by atomic mass is 10.2. The highest BCUT2D eigenvalue weighted by Gasteiger charge is 2.08. The number of benzene rings is 1. The zero-order chi connectivity index (χ0) is 11.3. The minimum atomic E-state index is -0.133. The van der Waals surface area contributed by atoms with Gasteiger partial charge in [-0.05, 0) is 25.1 Å². The molecule has 90 valence electrons. The van der Waals surface area contributed by atoms with Crippen LogP contribution in [0.3, 0.4) is 0 Å². The van der Waals surface area contributed by atoms with E-state index in [1.54, 1.807) is 31.4 Å². The molecule has 1 amide bonds. The summed E-state index contributed by atoms with van der Waals surface area (Å²) in [4.78, 5) is 11.7. The molecule has 0 radical (unpaired) electrons. The third-order valence-corrected chi connectivity index (χ3v) is 2.06. The number of carbonyl (C=O) groups excluding carboxylic acids is 1. The Morgan fingerprint density at radius 3 is 2.81 bits per heavy atom. The van der Waals surface area contributed by atoms with Crippen molar-refractivity contribution in [3.63, 3.8) is 0 Å². The van der Waals surface area contributed by atoms with Gasteiger partial charge in [-0.3, -0.25) is 4.79 Å². The molecule has 0 spiro atoms. The second kappa shape index (κ2) is 7.09. The lowest BCUT2D eigenvalue weighted by Gasteiger charge is -2.11. The zero-order valence-corrected chi connectivity index (χ0v) is 10.2. The number of ether oxygens (including phenoxy) is 1. The predicted octanol–water partition coefficient (Wildman–Crippen LogP) is 1.19. The SMILES string of the molecule is COc1cccc(C(=O)N[C@@H](C)CN)c1.Cl. The number of hydrogen-bond donors (Lipinski definition) is 2. The van der Waals surface area contributed by atoms with Gasteiger partial charge < -0.3 is 15.8 Å². The fraction of sp³-hybridized carbons (Fsp3) is 0.364. The quantitative estimate of drug-likeness (QED) is 0.837. The molecule has 0 saturated heterocycles. The van der Waals surface area contributed by atoms with E-state index in [-0.39, 0.29) is 24.4 Å². The van der Waals surface area contributed by atoms with Crippen molar-refractivity contribution < 1.29 is 9.53 Å². The number of rotatable bonds is 4. The minimum absolute atomic E-state index is 0. The summed E-state index contributed by atoms with van der Waals surface area (Å²) in [6.45, 7) is 2.29. The summed E-state index contributed by atoms with van der Waals surface area (Å²) in [6.07, 6.45) is 0. The van der Waals surface area contributed by atoms with Crippen LogP contribution < -0.4 is 15.8 Å². The summed E-state index contributed by atoms with van der Waals surface area (Å²) in [7, 11) is 1.57. The maximum Gasteiger partial charge on any atom is 0.251 e. The molecule has 1 aromatic rings. The van der Waals surface area contributed by atoms with Gasteiger partial charge in [-0.1, -0.05) is 6.07 Å². The van der Waals surface area contributed by atoms with Gasteiger partial charge in [-0.25, -0.2) is 0 Å². The number of carbonyl (C=O) groups is 1. The molecule has 3 N–H and O–H groups in total. The molecule has 0 aliphatic heterocycles. The van der Waals surface area contributed by atoms with Gasteiger partial charge in [-0.15, -0.1) is 12.4 Å². The Kier molecular flexibility index (Phi) is 6.53. The summed E-state index contributed by atoms with van der Waals surface area (Å²) in [6, 6.07) is 6.98. The zero-order valence-electron chi connectivity index (χ0n) is 9.40. The number of methoxy groups -OCH3 is 1. The Morgan fingerprint density at radius 2 is 2.25 bits per heavy atom. The Morgan fingerprint density at radius 1 is 1.56 bits per heavy atom. The van der Waals surface area contributed by atoms with E-state index in [1.165, 1.54) is 0 Å². The van der Waals surface area contributed by atoms with Crippen LogP contribution in [0.25, 0.3) is 0 Å². The van der Waals surface area contributed by atoms with E-state index in [1.807, 2.05) is 6.92 Å². The van der Waals surface area contributed by atoms with Gasteiger partial charge in [0.05, 0.1) is 7.11 Å². The summed E-state index contributed by atoms with van der Waals surface area (Å²) >= 11 is 0. The number of amides is 1. The molecule has 0 aliphatic carbocycles. The molecular weight excluding hydrogens is 228 g/mol. The van der Waals surface area contributed by atoms with E-state index in [2.05, 4.69) is 5.32 Å². The molecule has 1 atom stereocenters. The highest BCUT2D eigenvalue weighted by molar-refractivity contribution is 5.94. The molecule has 0 unspecified atom stereocenters. The molecule has 0 saturated carbocycles. The second-order valence-electron chi connectivity index (χ2n) is 3.34. The van der Waals surface area contributed by atoms with Crippen LogP contribution in [0.1, 0.15) is 17.3 Å². The van der Waals surface area contributed by atoms with Crippen molar-refractivity contribution >= 4 is 18.3 Å². The molecule has 0 heterocycles. The third kappa shape index (κ3) is 4.08. The Labute approximate surface area is 102 Å². The summed E-state index contributed by atoms with van der Waals surface area (Å²) in [5.41, 5.74) is 5.99. The standard InChI is InChI=1S/C11H16N2O2.ClH/c1-8(7-12)13-11(14)9-4-3-5-10(6-9)15-2;/h3-6,8H,7,12H2,1-2H3,(H,13,14);1H/t8-;/m0./s1. The van der Waals surface area contributed by atoms with Crippen molar-refractivity contribution in [1.29, 1.82) is 0 Å². The summed E-state index contributed by atoms with van der Waals surface area (Å²) in [5.74, 6) is 0.537. The van der Waals surface area contributed by atoms with E-state index < -0.39 is 0 Å². The average Bonchev–Trinajstić information content (AvgIpc) is 2.28. The first-order valence-corrected chi connectivity index (χ1v) is 4.82. The maximum atomic E-state index is 11.7. The Bertz CT molecular complexity index is 345. The van der Waals surface area contributed by atoms with Crippen molar-refractivity contribution in [2.24, 2.45) is 5.73 Å². The van der Waals surface area contributed by atoms with Gasteiger partial charge in [0.1, 0.15) is 5.75 Å². The predicted molar refractivity (Wildman–Crippen MR) is 66.2 cm³/mol. The molecule has 0 fully saturated rings.